The quantitative estimate of drug-likeness (QED) is 0.389. The number of amides is 3. The Kier molecular flexibility index (Phi) is 7.17. The number of rotatable bonds is 7. The summed E-state index contributed by atoms with van der Waals surface area (Å²) in [4.78, 5) is 46.3. The molecule has 3 amide bonds. The molecule has 2 saturated carbocycles. The van der Waals surface area contributed by atoms with Crippen molar-refractivity contribution in [1.82, 2.24) is 34.4 Å². The molecule has 7 rings (SSSR count). The highest BCUT2D eigenvalue weighted by atomic mass is 19.4. The summed E-state index contributed by atoms with van der Waals surface area (Å²) in [6.45, 7) is 3.48. The van der Waals surface area contributed by atoms with Crippen LogP contribution >= 0.6 is 0 Å². The van der Waals surface area contributed by atoms with Crippen LogP contribution in [-0.4, -0.2) is 86.1 Å². The molecule has 4 fully saturated rings. The number of imidazole rings is 1. The predicted octanol–water partition coefficient (Wildman–Crippen LogP) is 2.85. The molecule has 4 heterocycles. The molecule has 2 aliphatic heterocycles. The van der Waals surface area contributed by atoms with Crippen LogP contribution in [0.3, 0.4) is 0 Å². The number of alkyl halides is 3. The Morgan fingerprint density at radius 1 is 1.04 bits per heavy atom. The topological polar surface area (TPSA) is 117 Å². The van der Waals surface area contributed by atoms with Gasteiger partial charge in [-0.05, 0) is 61.9 Å². The molecule has 2 aliphatic carbocycles. The molecule has 2 N–H and O–H groups in total. The Balaban J connectivity index is 0.996. The van der Waals surface area contributed by atoms with Gasteiger partial charge in [0.15, 0.2) is 11.5 Å². The molecule has 0 spiro atoms. The van der Waals surface area contributed by atoms with E-state index in [-0.39, 0.29) is 40.2 Å². The largest absolute Gasteiger partial charge is 0.435 e. The third-order valence-corrected chi connectivity index (χ3v) is 9.35. The molecule has 1 unspecified atom stereocenters. The number of nitrogens with zero attached hydrogens (tertiary/aromatic N) is 6. The normalized spacial score (nSPS) is 22.8. The Morgan fingerprint density at radius 2 is 1.73 bits per heavy atom. The van der Waals surface area contributed by atoms with E-state index in [0.717, 1.165) is 32.0 Å². The van der Waals surface area contributed by atoms with Gasteiger partial charge < -0.3 is 25.0 Å². The molecule has 3 atom stereocenters. The van der Waals surface area contributed by atoms with E-state index in [1.165, 1.54) is 45.7 Å². The predicted molar refractivity (Wildman–Crippen MR) is 152 cm³/mol. The summed E-state index contributed by atoms with van der Waals surface area (Å²) in [5.41, 5.74) is -1.31. The molecule has 0 bridgehead atoms. The second-order valence-electron chi connectivity index (χ2n) is 12.4. The van der Waals surface area contributed by atoms with E-state index in [4.69, 9.17) is 0 Å². The van der Waals surface area contributed by atoms with Crippen LogP contribution in [0.1, 0.15) is 39.5 Å². The first-order chi connectivity index (χ1) is 21.5. The smallest absolute Gasteiger partial charge is 0.339 e. The summed E-state index contributed by atoms with van der Waals surface area (Å²) in [6.07, 6.45) is -0.322. The molecule has 1 aromatic carbocycles. The highest BCUT2D eigenvalue weighted by Crippen LogP contribution is 2.49. The molecule has 15 heteroatoms. The van der Waals surface area contributed by atoms with Gasteiger partial charge in [-0.15, -0.1) is 0 Å². The number of piperazine rings is 1. The number of hydrogen-bond acceptors (Lipinski definition) is 6. The van der Waals surface area contributed by atoms with E-state index in [0.29, 0.717) is 50.5 Å². The molecule has 0 radical (unpaired) electrons. The number of aromatic nitrogens is 4. The van der Waals surface area contributed by atoms with E-state index in [2.05, 4.69) is 20.7 Å². The second-order valence-corrected chi connectivity index (χ2v) is 12.4. The number of piperidine rings is 1. The van der Waals surface area contributed by atoms with Gasteiger partial charge in [-0.25, -0.2) is 9.37 Å². The maximum atomic E-state index is 15.1. The number of fused-ring (bicyclic) bond motifs is 1. The molecular formula is C30H32F4N8O3. The molecule has 45 heavy (non-hydrogen) atoms. The molecular weight excluding hydrogens is 596 g/mol. The maximum absolute atomic E-state index is 15.1. The van der Waals surface area contributed by atoms with Gasteiger partial charge >= 0.3 is 6.18 Å². The van der Waals surface area contributed by atoms with Crippen LogP contribution in [0.15, 0.2) is 30.6 Å². The lowest BCUT2D eigenvalue weighted by Gasteiger charge is -2.35. The lowest BCUT2D eigenvalue weighted by Crippen LogP contribution is -2.51. The van der Waals surface area contributed by atoms with Gasteiger partial charge in [0.2, 0.25) is 5.91 Å². The van der Waals surface area contributed by atoms with Gasteiger partial charge in [0, 0.05) is 57.6 Å². The summed E-state index contributed by atoms with van der Waals surface area (Å²) < 4.78 is 59.0. The first kappa shape index (κ1) is 29.4. The number of anilines is 1. The number of carbonyl (C=O) groups excluding carboxylic acids is 3. The van der Waals surface area contributed by atoms with Gasteiger partial charge in [0.25, 0.3) is 11.8 Å². The first-order valence-corrected chi connectivity index (χ1v) is 15.1. The van der Waals surface area contributed by atoms with Crippen molar-refractivity contribution in [2.24, 2.45) is 30.7 Å². The van der Waals surface area contributed by atoms with Gasteiger partial charge in [0.1, 0.15) is 5.82 Å². The Labute approximate surface area is 255 Å². The van der Waals surface area contributed by atoms with Crippen LogP contribution in [0.4, 0.5) is 23.2 Å². The molecule has 2 saturated heterocycles. The van der Waals surface area contributed by atoms with Crippen LogP contribution < -0.4 is 10.6 Å². The van der Waals surface area contributed by atoms with Crippen LogP contribution in [-0.2, 0) is 24.6 Å². The Morgan fingerprint density at radius 3 is 2.38 bits per heavy atom. The summed E-state index contributed by atoms with van der Waals surface area (Å²) in [5.74, 6) is -0.977. The van der Waals surface area contributed by atoms with Gasteiger partial charge in [0.05, 0.1) is 23.0 Å². The van der Waals surface area contributed by atoms with Crippen molar-refractivity contribution in [1.29, 1.82) is 0 Å². The highest BCUT2D eigenvalue weighted by molar-refractivity contribution is 6.03. The number of benzene rings is 1. The fraction of sp³-hybridized carbons (Fsp3) is 0.500. The lowest BCUT2D eigenvalue weighted by molar-refractivity contribution is -0.141. The average Bonchev–Trinajstić information content (AvgIpc) is 3.75. The van der Waals surface area contributed by atoms with E-state index >= 15 is 4.39 Å². The number of carbonyl (C=O) groups is 3. The zero-order valence-corrected chi connectivity index (χ0v) is 24.5. The van der Waals surface area contributed by atoms with Crippen molar-refractivity contribution < 1.29 is 31.9 Å². The fourth-order valence-electron chi connectivity index (χ4n) is 6.60. The van der Waals surface area contributed by atoms with Crippen LogP contribution in [0, 0.1) is 29.5 Å². The monoisotopic (exact) mass is 628 g/mol. The van der Waals surface area contributed by atoms with Crippen molar-refractivity contribution in [3.63, 3.8) is 0 Å². The minimum Gasteiger partial charge on any atom is -0.339 e. The molecule has 238 valence electrons. The second kappa shape index (κ2) is 11.0. The molecule has 2 aromatic heterocycles. The zero-order valence-electron chi connectivity index (χ0n) is 24.5. The van der Waals surface area contributed by atoms with Crippen LogP contribution in [0.2, 0.25) is 0 Å². The van der Waals surface area contributed by atoms with E-state index < -0.39 is 29.5 Å². The third kappa shape index (κ3) is 5.57. The van der Waals surface area contributed by atoms with Crippen LogP contribution in [0.5, 0.6) is 0 Å². The van der Waals surface area contributed by atoms with E-state index in [1.54, 1.807) is 4.90 Å². The summed E-state index contributed by atoms with van der Waals surface area (Å²) in [5, 5.41) is 9.54. The van der Waals surface area contributed by atoms with Gasteiger partial charge in [-0.3, -0.25) is 19.1 Å². The minimum atomic E-state index is -4.70. The Bertz CT molecular complexity index is 1660. The molecule has 3 aromatic rings. The SMILES string of the molecule is Cn1c(-c2cn(CC3CC3)nc2C(F)(F)F)cnc1C(=O)Nc1ccc(C(=O)N2CCN(C(=O)C3[C@H]4CNC[C@@H]34)CC2)c(F)c1. The van der Waals surface area contributed by atoms with E-state index in [9.17, 15) is 27.6 Å². The Hall–Kier alpha value is -4.27. The first-order valence-electron chi connectivity index (χ1n) is 15.1. The fourth-order valence-corrected chi connectivity index (χ4v) is 6.60. The van der Waals surface area contributed by atoms with E-state index in [1.807, 2.05) is 0 Å². The highest BCUT2D eigenvalue weighted by Gasteiger charge is 2.58. The van der Waals surface area contributed by atoms with Crippen molar-refractivity contribution >= 4 is 23.4 Å². The summed E-state index contributed by atoms with van der Waals surface area (Å²) in [7, 11) is 1.42. The van der Waals surface area contributed by atoms with Crippen molar-refractivity contribution in [3.8, 4) is 11.3 Å². The standard InChI is InChI=1S/C30H32F4N8O3/c1-39-23(21-15-42(14-16-2-3-16)38-25(21)30(32,33)34)13-36-26(39)27(43)37-17-4-5-18(22(31)10-17)28(44)40-6-8-41(9-7-40)29(45)24-19-11-35-12-20(19)24/h4-5,10,13,15-16,19-20,24,35H,2-3,6-9,11-12,14H2,1H3,(H,37,43)/t19-,20+,24?. The van der Waals surface area contributed by atoms with Crippen LogP contribution in [0.25, 0.3) is 11.3 Å². The number of hydrogen-bond donors (Lipinski definition) is 2. The van der Waals surface area contributed by atoms with Crippen molar-refractivity contribution in [2.75, 3.05) is 44.6 Å². The molecule has 4 aliphatic rings. The van der Waals surface area contributed by atoms with Crippen molar-refractivity contribution in [2.45, 2.75) is 25.6 Å². The maximum Gasteiger partial charge on any atom is 0.435 e. The summed E-state index contributed by atoms with van der Waals surface area (Å²) >= 11 is 0. The number of nitrogens with one attached hydrogen (secondary N) is 2. The van der Waals surface area contributed by atoms with Gasteiger partial charge in [-0.2, -0.15) is 18.3 Å². The molecule has 11 nitrogen and oxygen atoms in total. The van der Waals surface area contributed by atoms with Crippen molar-refractivity contribution in [3.05, 3.63) is 53.5 Å². The minimum absolute atomic E-state index is 0.0479. The number of halogens is 4. The summed E-state index contributed by atoms with van der Waals surface area (Å²) in [6, 6.07) is 3.66. The average molecular weight is 629 g/mol. The third-order valence-electron chi connectivity index (χ3n) is 9.35. The zero-order chi connectivity index (χ0) is 31.6. The van der Waals surface area contributed by atoms with Gasteiger partial charge in [-0.1, -0.05) is 0 Å². The lowest BCUT2D eigenvalue weighted by atomic mass is 10.1.